The summed E-state index contributed by atoms with van der Waals surface area (Å²) in [5.74, 6) is 0. The third-order valence-corrected chi connectivity index (χ3v) is 3.72. The van der Waals surface area contributed by atoms with Crippen molar-refractivity contribution in [3.63, 3.8) is 0 Å². The lowest BCUT2D eigenvalue weighted by molar-refractivity contribution is 0.107. The largest absolute Gasteiger partial charge is 0.317 e. The molecular formula is C13H21N3. The minimum atomic E-state index is 0.291. The Labute approximate surface area is 97.9 Å². The summed E-state index contributed by atoms with van der Waals surface area (Å²) < 4.78 is 0. The van der Waals surface area contributed by atoms with E-state index in [-0.39, 0.29) is 0 Å². The highest BCUT2D eigenvalue weighted by molar-refractivity contribution is 5.10. The highest BCUT2D eigenvalue weighted by Crippen LogP contribution is 2.27. The van der Waals surface area contributed by atoms with Crippen LogP contribution >= 0.6 is 0 Å². The van der Waals surface area contributed by atoms with E-state index in [1.165, 1.54) is 18.5 Å². The van der Waals surface area contributed by atoms with E-state index in [2.05, 4.69) is 41.4 Å². The molecule has 0 aromatic carbocycles. The van der Waals surface area contributed by atoms with Gasteiger partial charge in [0.25, 0.3) is 0 Å². The molecule has 1 aliphatic heterocycles. The molecule has 0 spiro atoms. The fourth-order valence-electron chi connectivity index (χ4n) is 2.51. The highest BCUT2D eigenvalue weighted by atomic mass is 15.2. The topological polar surface area (TPSA) is 28.2 Å². The quantitative estimate of drug-likeness (QED) is 0.831. The van der Waals surface area contributed by atoms with Crippen molar-refractivity contribution in [2.45, 2.75) is 24.8 Å². The zero-order valence-electron chi connectivity index (χ0n) is 10.2. The van der Waals surface area contributed by atoms with Gasteiger partial charge in [-0.05, 0) is 52.2 Å². The molecule has 1 N–H and O–H groups in total. The lowest BCUT2D eigenvalue weighted by atomic mass is 9.82. The second kappa shape index (κ2) is 4.93. The Morgan fingerprint density at radius 2 is 2.06 bits per heavy atom. The maximum atomic E-state index is 4.45. The van der Waals surface area contributed by atoms with Crippen LogP contribution in [0.3, 0.4) is 0 Å². The van der Waals surface area contributed by atoms with Gasteiger partial charge in [-0.3, -0.25) is 4.98 Å². The van der Waals surface area contributed by atoms with Crippen LogP contribution in [0.15, 0.2) is 24.4 Å². The van der Waals surface area contributed by atoms with Gasteiger partial charge in [0.05, 0.1) is 0 Å². The Morgan fingerprint density at radius 3 is 2.62 bits per heavy atom. The summed E-state index contributed by atoms with van der Waals surface area (Å²) in [5, 5.41) is 3.43. The molecule has 0 radical (unpaired) electrons. The summed E-state index contributed by atoms with van der Waals surface area (Å²) in [6.07, 6.45) is 5.36. The smallest absolute Gasteiger partial charge is 0.0422 e. The van der Waals surface area contributed by atoms with E-state index in [4.69, 9.17) is 0 Å². The summed E-state index contributed by atoms with van der Waals surface area (Å²) >= 11 is 0. The third kappa shape index (κ3) is 2.42. The molecule has 1 aliphatic rings. The molecular weight excluding hydrogens is 198 g/mol. The molecule has 1 aromatic rings. The SMILES string of the molecule is CN(C)C1(Cc2ccccn2)CCNCC1. The first kappa shape index (κ1) is 11.6. The van der Waals surface area contributed by atoms with Crippen LogP contribution in [0.25, 0.3) is 0 Å². The number of nitrogens with one attached hydrogen (secondary N) is 1. The number of hydrogen-bond acceptors (Lipinski definition) is 3. The van der Waals surface area contributed by atoms with Crippen molar-refractivity contribution < 1.29 is 0 Å². The summed E-state index contributed by atoms with van der Waals surface area (Å²) in [6.45, 7) is 2.23. The third-order valence-electron chi connectivity index (χ3n) is 3.72. The van der Waals surface area contributed by atoms with Crippen LogP contribution in [0.1, 0.15) is 18.5 Å². The van der Waals surface area contributed by atoms with Crippen molar-refractivity contribution in [2.75, 3.05) is 27.2 Å². The molecule has 1 fully saturated rings. The molecule has 16 heavy (non-hydrogen) atoms. The maximum absolute atomic E-state index is 4.45. The predicted octanol–water partition coefficient (Wildman–Crippen LogP) is 1.31. The van der Waals surface area contributed by atoms with E-state index in [0.717, 1.165) is 19.5 Å². The number of likely N-dealkylation sites (N-methyl/N-ethyl adjacent to an activating group) is 1. The minimum absolute atomic E-state index is 0.291. The molecule has 0 aliphatic carbocycles. The van der Waals surface area contributed by atoms with Gasteiger partial charge in [0, 0.05) is 23.9 Å². The molecule has 2 heterocycles. The zero-order chi connectivity index (χ0) is 11.4. The van der Waals surface area contributed by atoms with E-state index in [1.54, 1.807) is 0 Å². The maximum Gasteiger partial charge on any atom is 0.0422 e. The van der Waals surface area contributed by atoms with Gasteiger partial charge in [0.1, 0.15) is 0 Å². The molecule has 0 unspecified atom stereocenters. The molecule has 0 amide bonds. The van der Waals surface area contributed by atoms with Gasteiger partial charge in [0.15, 0.2) is 0 Å². The summed E-state index contributed by atoms with van der Waals surface area (Å²) in [7, 11) is 4.38. The first-order valence-electron chi connectivity index (χ1n) is 6.01. The number of pyridine rings is 1. The number of rotatable bonds is 3. The standard InChI is InChI=1S/C13H21N3/c1-16(2)13(6-9-14-10-7-13)11-12-5-3-4-8-15-12/h3-5,8,14H,6-7,9-11H2,1-2H3. The number of hydrogen-bond donors (Lipinski definition) is 1. The van der Waals surface area contributed by atoms with Crippen LogP contribution < -0.4 is 5.32 Å². The molecule has 88 valence electrons. The van der Waals surface area contributed by atoms with E-state index < -0.39 is 0 Å². The fourth-order valence-corrected chi connectivity index (χ4v) is 2.51. The van der Waals surface area contributed by atoms with Crippen LogP contribution in [0, 0.1) is 0 Å². The van der Waals surface area contributed by atoms with Gasteiger partial charge in [-0.2, -0.15) is 0 Å². The van der Waals surface area contributed by atoms with Crippen molar-refractivity contribution in [1.82, 2.24) is 15.2 Å². The molecule has 3 nitrogen and oxygen atoms in total. The Morgan fingerprint density at radius 1 is 1.31 bits per heavy atom. The van der Waals surface area contributed by atoms with Crippen molar-refractivity contribution in [3.05, 3.63) is 30.1 Å². The van der Waals surface area contributed by atoms with E-state index in [0.29, 0.717) is 5.54 Å². The Bertz CT molecular complexity index is 315. The molecule has 0 saturated carbocycles. The van der Waals surface area contributed by atoms with E-state index in [9.17, 15) is 0 Å². The van der Waals surface area contributed by atoms with Gasteiger partial charge in [-0.15, -0.1) is 0 Å². The highest BCUT2D eigenvalue weighted by Gasteiger charge is 2.34. The van der Waals surface area contributed by atoms with Gasteiger partial charge in [0.2, 0.25) is 0 Å². The van der Waals surface area contributed by atoms with Crippen molar-refractivity contribution in [2.24, 2.45) is 0 Å². The van der Waals surface area contributed by atoms with Crippen LogP contribution in [0.5, 0.6) is 0 Å². The lowest BCUT2D eigenvalue weighted by Crippen LogP contribution is -2.53. The van der Waals surface area contributed by atoms with Gasteiger partial charge in [-0.25, -0.2) is 0 Å². The Hall–Kier alpha value is -0.930. The summed E-state index contributed by atoms with van der Waals surface area (Å²) in [5.41, 5.74) is 1.50. The van der Waals surface area contributed by atoms with Crippen LogP contribution in [-0.4, -0.2) is 42.6 Å². The molecule has 1 aromatic heterocycles. The number of nitrogens with zero attached hydrogens (tertiary/aromatic N) is 2. The zero-order valence-corrected chi connectivity index (χ0v) is 10.2. The van der Waals surface area contributed by atoms with E-state index >= 15 is 0 Å². The molecule has 3 heteroatoms. The van der Waals surface area contributed by atoms with Crippen LogP contribution in [0.2, 0.25) is 0 Å². The Balaban J connectivity index is 2.14. The molecule has 0 atom stereocenters. The van der Waals surface area contributed by atoms with Crippen LogP contribution in [-0.2, 0) is 6.42 Å². The average Bonchev–Trinajstić information content (AvgIpc) is 2.31. The number of aromatic nitrogens is 1. The van der Waals surface area contributed by atoms with Crippen molar-refractivity contribution >= 4 is 0 Å². The van der Waals surface area contributed by atoms with Crippen LogP contribution in [0.4, 0.5) is 0 Å². The van der Waals surface area contributed by atoms with Gasteiger partial charge < -0.3 is 10.2 Å². The normalized spacial score (nSPS) is 19.9. The average molecular weight is 219 g/mol. The second-order valence-electron chi connectivity index (χ2n) is 4.87. The monoisotopic (exact) mass is 219 g/mol. The van der Waals surface area contributed by atoms with Gasteiger partial charge in [-0.1, -0.05) is 6.07 Å². The molecule has 0 bridgehead atoms. The second-order valence-corrected chi connectivity index (χ2v) is 4.87. The lowest BCUT2D eigenvalue weighted by Gasteiger charge is -2.43. The van der Waals surface area contributed by atoms with Crippen molar-refractivity contribution in [3.8, 4) is 0 Å². The van der Waals surface area contributed by atoms with E-state index in [1.807, 2.05) is 12.3 Å². The first-order chi connectivity index (χ1) is 7.73. The fraction of sp³-hybridized carbons (Fsp3) is 0.615. The number of piperidine rings is 1. The van der Waals surface area contributed by atoms with Gasteiger partial charge >= 0.3 is 0 Å². The summed E-state index contributed by atoms with van der Waals surface area (Å²) in [4.78, 5) is 6.83. The molecule has 1 saturated heterocycles. The molecule has 2 rings (SSSR count). The Kier molecular flexibility index (Phi) is 3.56. The minimum Gasteiger partial charge on any atom is -0.317 e. The van der Waals surface area contributed by atoms with Crippen molar-refractivity contribution in [1.29, 1.82) is 0 Å². The predicted molar refractivity (Wildman–Crippen MR) is 66.5 cm³/mol. The summed E-state index contributed by atoms with van der Waals surface area (Å²) in [6, 6.07) is 6.19. The first-order valence-corrected chi connectivity index (χ1v) is 6.01.